The molecule has 1 unspecified atom stereocenters. The van der Waals surface area contributed by atoms with Gasteiger partial charge in [-0.3, -0.25) is 14.7 Å². The summed E-state index contributed by atoms with van der Waals surface area (Å²) in [5.41, 5.74) is 2.70. The predicted octanol–water partition coefficient (Wildman–Crippen LogP) is 3.81. The van der Waals surface area contributed by atoms with Crippen LogP contribution in [0.2, 0.25) is 0 Å². The fourth-order valence-corrected chi connectivity index (χ4v) is 3.92. The standard InChI is InChI=1S/C23H25N3O2/c1-28-18-10-8-17(9-11-18)22(26-14-4-5-15-26)16-25-23(27)20-12-13-24-21-7-3-2-6-19(20)21/h2-3,6-13,22H,4-5,14-16H2,1H3,(H,25,27). The number of methoxy groups -OCH3 is 1. The first-order valence-electron chi connectivity index (χ1n) is 9.76. The van der Waals surface area contributed by atoms with Crippen molar-refractivity contribution in [1.29, 1.82) is 0 Å². The van der Waals surface area contributed by atoms with E-state index in [1.807, 2.05) is 36.4 Å². The number of para-hydroxylation sites is 1. The van der Waals surface area contributed by atoms with Gasteiger partial charge in [0.05, 0.1) is 24.2 Å². The second-order valence-corrected chi connectivity index (χ2v) is 7.12. The number of carbonyl (C=O) groups is 1. The number of aromatic nitrogens is 1. The van der Waals surface area contributed by atoms with Gasteiger partial charge in [0, 0.05) is 18.1 Å². The molecule has 1 saturated heterocycles. The van der Waals surface area contributed by atoms with Gasteiger partial charge in [-0.25, -0.2) is 0 Å². The Morgan fingerprint density at radius 1 is 1.11 bits per heavy atom. The van der Waals surface area contributed by atoms with Crippen molar-refractivity contribution in [3.8, 4) is 5.75 Å². The van der Waals surface area contributed by atoms with Crippen LogP contribution in [-0.2, 0) is 0 Å². The first-order chi connectivity index (χ1) is 13.8. The van der Waals surface area contributed by atoms with Crippen molar-refractivity contribution in [3.63, 3.8) is 0 Å². The number of nitrogens with zero attached hydrogens (tertiary/aromatic N) is 2. The SMILES string of the molecule is COc1ccc(C(CNC(=O)c2ccnc3ccccc23)N2CCCC2)cc1. The molecule has 0 aliphatic carbocycles. The van der Waals surface area contributed by atoms with E-state index in [1.54, 1.807) is 19.4 Å². The maximum Gasteiger partial charge on any atom is 0.252 e. The molecule has 28 heavy (non-hydrogen) atoms. The summed E-state index contributed by atoms with van der Waals surface area (Å²) in [7, 11) is 1.67. The van der Waals surface area contributed by atoms with Crippen molar-refractivity contribution >= 4 is 16.8 Å². The molecule has 1 fully saturated rings. The van der Waals surface area contributed by atoms with Crippen LogP contribution in [0.1, 0.15) is 34.8 Å². The van der Waals surface area contributed by atoms with Crippen molar-refractivity contribution in [3.05, 3.63) is 71.9 Å². The summed E-state index contributed by atoms with van der Waals surface area (Å²) in [4.78, 5) is 19.7. The fourth-order valence-electron chi connectivity index (χ4n) is 3.92. The van der Waals surface area contributed by atoms with Gasteiger partial charge in [-0.05, 0) is 55.8 Å². The number of hydrogen-bond donors (Lipinski definition) is 1. The highest BCUT2D eigenvalue weighted by Gasteiger charge is 2.24. The van der Waals surface area contributed by atoms with Crippen molar-refractivity contribution in [2.24, 2.45) is 0 Å². The molecule has 144 valence electrons. The topological polar surface area (TPSA) is 54.5 Å². The molecule has 0 bridgehead atoms. The number of ether oxygens (including phenoxy) is 1. The lowest BCUT2D eigenvalue weighted by Gasteiger charge is -2.28. The van der Waals surface area contributed by atoms with Gasteiger partial charge in [-0.2, -0.15) is 0 Å². The summed E-state index contributed by atoms with van der Waals surface area (Å²) in [6, 6.07) is 17.8. The average Bonchev–Trinajstić information content (AvgIpc) is 3.28. The van der Waals surface area contributed by atoms with E-state index < -0.39 is 0 Å². The summed E-state index contributed by atoms with van der Waals surface area (Å²) in [5, 5.41) is 4.03. The van der Waals surface area contributed by atoms with E-state index in [-0.39, 0.29) is 11.9 Å². The number of fused-ring (bicyclic) bond motifs is 1. The molecule has 0 saturated carbocycles. The number of hydrogen-bond acceptors (Lipinski definition) is 4. The van der Waals surface area contributed by atoms with E-state index in [2.05, 4.69) is 27.3 Å². The Morgan fingerprint density at radius 2 is 1.86 bits per heavy atom. The Morgan fingerprint density at radius 3 is 2.61 bits per heavy atom. The first-order valence-corrected chi connectivity index (χ1v) is 9.76. The van der Waals surface area contributed by atoms with Crippen molar-refractivity contribution in [2.75, 3.05) is 26.7 Å². The Kier molecular flexibility index (Phi) is 5.53. The molecule has 5 nitrogen and oxygen atoms in total. The second kappa shape index (κ2) is 8.40. The van der Waals surface area contributed by atoms with Gasteiger partial charge >= 0.3 is 0 Å². The Hall–Kier alpha value is -2.92. The van der Waals surface area contributed by atoms with Gasteiger partial charge in [0.1, 0.15) is 5.75 Å². The van der Waals surface area contributed by atoms with Crippen LogP contribution in [-0.4, -0.2) is 42.5 Å². The number of benzene rings is 2. The minimum absolute atomic E-state index is 0.0590. The molecule has 5 heteroatoms. The Balaban J connectivity index is 1.54. The van der Waals surface area contributed by atoms with Gasteiger partial charge in [0.25, 0.3) is 5.91 Å². The molecule has 0 radical (unpaired) electrons. The largest absolute Gasteiger partial charge is 0.497 e. The maximum atomic E-state index is 12.9. The van der Waals surface area contributed by atoms with Crippen molar-refractivity contribution in [1.82, 2.24) is 15.2 Å². The molecule has 1 aliphatic heterocycles. The summed E-state index contributed by atoms with van der Waals surface area (Å²) in [5.74, 6) is 0.785. The van der Waals surface area contributed by atoms with E-state index in [9.17, 15) is 4.79 Å². The lowest BCUT2D eigenvalue weighted by atomic mass is 10.0. The van der Waals surface area contributed by atoms with Crippen molar-refractivity contribution < 1.29 is 9.53 Å². The number of likely N-dealkylation sites (tertiary alicyclic amines) is 1. The highest BCUT2D eigenvalue weighted by Crippen LogP contribution is 2.26. The van der Waals surface area contributed by atoms with Crippen LogP contribution in [0.3, 0.4) is 0 Å². The molecule has 0 spiro atoms. The zero-order chi connectivity index (χ0) is 19.3. The molecular weight excluding hydrogens is 350 g/mol. The first kappa shape index (κ1) is 18.4. The van der Waals surface area contributed by atoms with Crippen LogP contribution in [0.5, 0.6) is 5.75 Å². The van der Waals surface area contributed by atoms with Crippen LogP contribution in [0.4, 0.5) is 0 Å². The lowest BCUT2D eigenvalue weighted by molar-refractivity contribution is 0.0939. The third kappa shape index (κ3) is 3.85. The number of nitrogens with one attached hydrogen (secondary N) is 1. The molecule has 1 aromatic heterocycles. The number of rotatable bonds is 6. The second-order valence-electron chi connectivity index (χ2n) is 7.12. The zero-order valence-corrected chi connectivity index (χ0v) is 16.1. The van der Waals surface area contributed by atoms with E-state index in [0.717, 1.165) is 29.7 Å². The van der Waals surface area contributed by atoms with Gasteiger partial charge in [0.15, 0.2) is 0 Å². The summed E-state index contributed by atoms with van der Waals surface area (Å²) in [6.45, 7) is 2.69. The van der Waals surface area contributed by atoms with Crippen molar-refractivity contribution in [2.45, 2.75) is 18.9 Å². The van der Waals surface area contributed by atoms with E-state index in [0.29, 0.717) is 12.1 Å². The van der Waals surface area contributed by atoms with E-state index in [4.69, 9.17) is 4.74 Å². The Labute approximate surface area is 165 Å². The summed E-state index contributed by atoms with van der Waals surface area (Å²) >= 11 is 0. The average molecular weight is 375 g/mol. The number of amides is 1. The van der Waals surface area contributed by atoms with Gasteiger partial charge < -0.3 is 10.1 Å². The molecule has 3 aromatic rings. The lowest BCUT2D eigenvalue weighted by Crippen LogP contribution is -2.36. The van der Waals surface area contributed by atoms with Crippen LogP contribution < -0.4 is 10.1 Å². The molecule has 1 N–H and O–H groups in total. The third-order valence-electron chi connectivity index (χ3n) is 5.43. The molecule has 1 aliphatic rings. The van der Waals surface area contributed by atoms with Gasteiger partial charge in [-0.1, -0.05) is 30.3 Å². The zero-order valence-electron chi connectivity index (χ0n) is 16.1. The molecule has 1 amide bonds. The Bertz CT molecular complexity index is 944. The van der Waals surface area contributed by atoms with E-state index >= 15 is 0 Å². The van der Waals surface area contributed by atoms with Crippen LogP contribution in [0.15, 0.2) is 60.8 Å². The van der Waals surface area contributed by atoms with Gasteiger partial charge in [0.2, 0.25) is 0 Å². The van der Waals surface area contributed by atoms with Crippen LogP contribution in [0, 0.1) is 0 Å². The number of carbonyl (C=O) groups excluding carboxylic acids is 1. The molecule has 1 atom stereocenters. The summed E-state index contributed by atoms with van der Waals surface area (Å²) < 4.78 is 5.28. The summed E-state index contributed by atoms with van der Waals surface area (Å²) in [6.07, 6.45) is 4.10. The predicted molar refractivity (Wildman–Crippen MR) is 111 cm³/mol. The van der Waals surface area contributed by atoms with Crippen LogP contribution in [0.25, 0.3) is 10.9 Å². The number of pyridine rings is 1. The quantitative estimate of drug-likeness (QED) is 0.712. The third-order valence-corrected chi connectivity index (χ3v) is 5.43. The smallest absolute Gasteiger partial charge is 0.252 e. The monoisotopic (exact) mass is 375 g/mol. The highest BCUT2D eigenvalue weighted by molar-refractivity contribution is 6.05. The molecule has 4 rings (SSSR count). The van der Waals surface area contributed by atoms with Gasteiger partial charge in [-0.15, -0.1) is 0 Å². The normalized spacial score (nSPS) is 15.5. The fraction of sp³-hybridized carbons (Fsp3) is 0.304. The van der Waals surface area contributed by atoms with Crippen LogP contribution >= 0.6 is 0 Å². The minimum atomic E-state index is -0.0590. The molecular formula is C23H25N3O2. The highest BCUT2D eigenvalue weighted by atomic mass is 16.5. The minimum Gasteiger partial charge on any atom is -0.497 e. The molecule has 2 heterocycles. The molecule has 2 aromatic carbocycles. The van der Waals surface area contributed by atoms with E-state index in [1.165, 1.54) is 18.4 Å². The maximum absolute atomic E-state index is 12.9.